The number of hydrogen-bond donors (Lipinski definition) is 1. The Morgan fingerprint density at radius 2 is 2.07 bits per heavy atom. The molecule has 0 bridgehead atoms. The van der Waals surface area contributed by atoms with E-state index in [0.717, 1.165) is 11.4 Å². The van der Waals surface area contributed by atoms with Crippen LogP contribution in [0.2, 0.25) is 0 Å². The fourth-order valence-electron chi connectivity index (χ4n) is 2.74. The summed E-state index contributed by atoms with van der Waals surface area (Å²) in [5.74, 6) is 2.01. The molecule has 27 heavy (non-hydrogen) atoms. The number of nitrogens with one attached hydrogen (secondary N) is 1. The molecule has 1 aromatic carbocycles. The van der Waals surface area contributed by atoms with E-state index in [1.165, 1.54) is 11.8 Å². The number of aromatic nitrogens is 4. The van der Waals surface area contributed by atoms with Gasteiger partial charge in [-0.25, -0.2) is 0 Å². The highest BCUT2D eigenvalue weighted by molar-refractivity contribution is 7.99. The zero-order valence-electron chi connectivity index (χ0n) is 14.6. The maximum Gasteiger partial charge on any atom is 0.234 e. The van der Waals surface area contributed by atoms with Crippen molar-refractivity contribution in [2.75, 3.05) is 17.9 Å². The topological polar surface area (TPSA) is 91.2 Å². The number of carbonyl (C=O) groups is 1. The second kappa shape index (κ2) is 7.67. The van der Waals surface area contributed by atoms with Crippen molar-refractivity contribution in [2.45, 2.75) is 18.6 Å². The minimum atomic E-state index is -0.153. The number of hydrogen-bond acceptors (Lipinski definition) is 7. The van der Waals surface area contributed by atoms with Gasteiger partial charge in [0.15, 0.2) is 22.5 Å². The Hall–Kier alpha value is -3.07. The van der Waals surface area contributed by atoms with Gasteiger partial charge in [0.25, 0.3) is 0 Å². The molecule has 0 unspecified atom stereocenters. The number of thioether (sulfide) groups is 1. The molecule has 3 heterocycles. The second-order valence-electron chi connectivity index (χ2n) is 5.66. The molecule has 138 valence electrons. The zero-order valence-corrected chi connectivity index (χ0v) is 15.4. The van der Waals surface area contributed by atoms with E-state index in [4.69, 9.17) is 9.47 Å². The second-order valence-corrected chi connectivity index (χ2v) is 6.61. The first-order chi connectivity index (χ1) is 13.3. The fraction of sp³-hybridized carbons (Fsp3) is 0.222. The molecule has 0 radical (unpaired) electrons. The maximum atomic E-state index is 12.4. The lowest BCUT2D eigenvalue weighted by atomic mass is 10.2. The number of para-hydroxylation sites is 1. The van der Waals surface area contributed by atoms with E-state index in [1.807, 2.05) is 29.7 Å². The molecule has 0 spiro atoms. The van der Waals surface area contributed by atoms with Gasteiger partial charge < -0.3 is 19.4 Å². The normalized spacial score (nSPS) is 12.2. The van der Waals surface area contributed by atoms with Crippen LogP contribution in [0.25, 0.3) is 11.4 Å². The van der Waals surface area contributed by atoms with Gasteiger partial charge in [-0.05, 0) is 31.2 Å². The molecule has 0 fully saturated rings. The van der Waals surface area contributed by atoms with Gasteiger partial charge in [-0.3, -0.25) is 9.78 Å². The standard InChI is InChI=1S/C18H17N5O3S/c1-2-23-17(12-6-8-19-9-7-12)21-22-18(23)27-10-15(24)20-13-4-3-5-14-16(13)26-11-25-14/h3-9H,2,10-11H2,1H3,(H,20,24). The smallest absolute Gasteiger partial charge is 0.234 e. The van der Waals surface area contributed by atoms with Crippen molar-refractivity contribution < 1.29 is 14.3 Å². The number of pyridine rings is 1. The van der Waals surface area contributed by atoms with Crippen molar-refractivity contribution in [3.63, 3.8) is 0 Å². The minimum absolute atomic E-state index is 0.153. The summed E-state index contributed by atoms with van der Waals surface area (Å²) < 4.78 is 12.7. The molecule has 0 saturated heterocycles. The van der Waals surface area contributed by atoms with Crippen molar-refractivity contribution in [3.05, 3.63) is 42.7 Å². The van der Waals surface area contributed by atoms with Crippen LogP contribution < -0.4 is 14.8 Å². The fourth-order valence-corrected chi connectivity index (χ4v) is 3.54. The number of benzene rings is 1. The zero-order chi connectivity index (χ0) is 18.6. The van der Waals surface area contributed by atoms with Crippen LogP contribution in [-0.2, 0) is 11.3 Å². The third-order valence-electron chi connectivity index (χ3n) is 3.97. The summed E-state index contributed by atoms with van der Waals surface area (Å²) in [6.07, 6.45) is 3.43. The molecule has 1 aliphatic heterocycles. The van der Waals surface area contributed by atoms with E-state index in [1.54, 1.807) is 24.5 Å². The summed E-state index contributed by atoms with van der Waals surface area (Å²) in [7, 11) is 0. The van der Waals surface area contributed by atoms with Gasteiger partial charge in [-0.15, -0.1) is 10.2 Å². The molecule has 9 heteroatoms. The lowest BCUT2D eigenvalue weighted by molar-refractivity contribution is -0.113. The van der Waals surface area contributed by atoms with Gasteiger partial charge in [-0.1, -0.05) is 17.8 Å². The molecular formula is C18H17N5O3S. The SMILES string of the molecule is CCn1c(SCC(=O)Nc2cccc3c2OCO3)nnc1-c1ccncc1. The van der Waals surface area contributed by atoms with Gasteiger partial charge >= 0.3 is 0 Å². The van der Waals surface area contributed by atoms with Crippen molar-refractivity contribution in [1.82, 2.24) is 19.7 Å². The summed E-state index contributed by atoms with van der Waals surface area (Å²) in [5, 5.41) is 12.0. The monoisotopic (exact) mass is 383 g/mol. The first kappa shape index (κ1) is 17.3. The van der Waals surface area contributed by atoms with E-state index < -0.39 is 0 Å². The number of ether oxygens (including phenoxy) is 2. The van der Waals surface area contributed by atoms with Crippen LogP contribution in [0.15, 0.2) is 47.9 Å². The Kier molecular flexibility index (Phi) is 4.93. The van der Waals surface area contributed by atoms with Crippen molar-refractivity contribution in [1.29, 1.82) is 0 Å². The first-order valence-electron chi connectivity index (χ1n) is 8.41. The highest BCUT2D eigenvalue weighted by atomic mass is 32.2. The molecular weight excluding hydrogens is 366 g/mol. The van der Waals surface area contributed by atoms with Crippen LogP contribution >= 0.6 is 11.8 Å². The predicted octanol–water partition coefficient (Wildman–Crippen LogP) is 2.82. The summed E-state index contributed by atoms with van der Waals surface area (Å²) in [6, 6.07) is 9.17. The molecule has 0 saturated carbocycles. The van der Waals surface area contributed by atoms with E-state index in [2.05, 4.69) is 20.5 Å². The predicted molar refractivity (Wildman–Crippen MR) is 101 cm³/mol. The number of nitrogens with zero attached hydrogens (tertiary/aromatic N) is 4. The van der Waals surface area contributed by atoms with Gasteiger partial charge in [0, 0.05) is 24.5 Å². The number of carbonyl (C=O) groups excluding carboxylic acids is 1. The number of fused-ring (bicyclic) bond motifs is 1. The largest absolute Gasteiger partial charge is 0.454 e. The number of amides is 1. The van der Waals surface area contributed by atoms with Crippen LogP contribution in [0.4, 0.5) is 5.69 Å². The van der Waals surface area contributed by atoms with Gasteiger partial charge in [0.05, 0.1) is 11.4 Å². The first-order valence-corrected chi connectivity index (χ1v) is 9.39. The van der Waals surface area contributed by atoms with E-state index in [-0.39, 0.29) is 18.5 Å². The molecule has 0 aliphatic carbocycles. The minimum Gasteiger partial charge on any atom is -0.454 e. The Labute approximate surface area is 159 Å². The Bertz CT molecular complexity index is 961. The molecule has 1 amide bonds. The lowest BCUT2D eigenvalue weighted by Crippen LogP contribution is -2.15. The Morgan fingerprint density at radius 3 is 2.89 bits per heavy atom. The van der Waals surface area contributed by atoms with Gasteiger partial charge in [0.1, 0.15) is 0 Å². The van der Waals surface area contributed by atoms with E-state index in [9.17, 15) is 4.79 Å². The number of anilines is 1. The highest BCUT2D eigenvalue weighted by Gasteiger charge is 2.19. The maximum absolute atomic E-state index is 12.4. The highest BCUT2D eigenvalue weighted by Crippen LogP contribution is 2.38. The van der Waals surface area contributed by atoms with Crippen molar-refractivity contribution in [3.8, 4) is 22.9 Å². The quantitative estimate of drug-likeness (QED) is 0.655. The number of rotatable bonds is 6. The van der Waals surface area contributed by atoms with E-state index >= 15 is 0 Å². The molecule has 1 aliphatic rings. The molecule has 3 aromatic rings. The molecule has 4 rings (SSSR count). The van der Waals surface area contributed by atoms with Crippen LogP contribution in [0.5, 0.6) is 11.5 Å². The van der Waals surface area contributed by atoms with Crippen LogP contribution in [0.1, 0.15) is 6.92 Å². The van der Waals surface area contributed by atoms with Crippen LogP contribution in [0.3, 0.4) is 0 Å². The summed E-state index contributed by atoms with van der Waals surface area (Å²) in [4.78, 5) is 16.4. The average molecular weight is 383 g/mol. The Balaban J connectivity index is 1.44. The third-order valence-corrected chi connectivity index (χ3v) is 4.94. The van der Waals surface area contributed by atoms with Gasteiger partial charge in [0.2, 0.25) is 12.7 Å². The lowest BCUT2D eigenvalue weighted by Gasteiger charge is -2.09. The van der Waals surface area contributed by atoms with Crippen molar-refractivity contribution >= 4 is 23.4 Å². The van der Waals surface area contributed by atoms with Gasteiger partial charge in [-0.2, -0.15) is 0 Å². The van der Waals surface area contributed by atoms with E-state index in [0.29, 0.717) is 28.9 Å². The molecule has 8 nitrogen and oxygen atoms in total. The van der Waals surface area contributed by atoms with Crippen LogP contribution in [0, 0.1) is 0 Å². The molecule has 2 aromatic heterocycles. The molecule has 0 atom stereocenters. The molecule has 1 N–H and O–H groups in total. The average Bonchev–Trinajstić information content (AvgIpc) is 3.34. The Morgan fingerprint density at radius 1 is 1.22 bits per heavy atom. The summed E-state index contributed by atoms with van der Waals surface area (Å²) in [6.45, 7) is 2.88. The van der Waals surface area contributed by atoms with Crippen molar-refractivity contribution in [2.24, 2.45) is 0 Å². The third kappa shape index (κ3) is 3.59. The summed E-state index contributed by atoms with van der Waals surface area (Å²) in [5.41, 5.74) is 1.54. The van der Waals surface area contributed by atoms with Crippen LogP contribution in [-0.4, -0.2) is 38.2 Å². The summed E-state index contributed by atoms with van der Waals surface area (Å²) >= 11 is 1.34.